The third-order valence-corrected chi connectivity index (χ3v) is 7.71. The summed E-state index contributed by atoms with van der Waals surface area (Å²) < 4.78 is 20.2. The Labute approximate surface area is 215 Å². The van der Waals surface area contributed by atoms with E-state index in [1.54, 1.807) is 7.11 Å². The van der Waals surface area contributed by atoms with E-state index in [0.717, 1.165) is 65.0 Å². The highest BCUT2D eigenvalue weighted by atomic mass is 32.2. The van der Waals surface area contributed by atoms with E-state index in [9.17, 15) is 4.21 Å². The molecule has 0 saturated carbocycles. The third-order valence-electron chi connectivity index (χ3n) is 6.44. The van der Waals surface area contributed by atoms with Crippen LogP contribution in [0, 0.1) is 0 Å². The lowest BCUT2D eigenvalue weighted by molar-refractivity contribution is 0.199. The van der Waals surface area contributed by atoms with Crippen LogP contribution in [0.5, 0.6) is 0 Å². The normalized spacial score (nSPS) is 12.5. The van der Waals surface area contributed by atoms with Crippen molar-refractivity contribution in [1.29, 1.82) is 0 Å². The summed E-state index contributed by atoms with van der Waals surface area (Å²) >= 11 is 0. The topological polar surface area (TPSA) is 95.1 Å². The van der Waals surface area contributed by atoms with Crippen LogP contribution in [-0.2, 0) is 34.9 Å². The van der Waals surface area contributed by atoms with Crippen molar-refractivity contribution in [1.82, 2.24) is 19.9 Å². The van der Waals surface area contributed by atoms with Crippen LogP contribution in [0.1, 0.15) is 44.0 Å². The number of nitrogens with zero attached hydrogens (tertiary/aromatic N) is 3. The molecule has 1 atom stereocenters. The number of rotatable bonds is 14. The number of hydrogen-bond acceptors (Lipinski definition) is 6. The molecule has 8 heteroatoms. The number of aryl methyl sites for hydroxylation is 2. The van der Waals surface area contributed by atoms with Crippen LogP contribution < -0.4 is 11.1 Å². The van der Waals surface area contributed by atoms with Gasteiger partial charge < -0.3 is 20.4 Å². The first-order valence-electron chi connectivity index (χ1n) is 12.8. The number of anilines is 1. The summed E-state index contributed by atoms with van der Waals surface area (Å²) in [5.74, 6) is 1.89. The highest BCUT2D eigenvalue weighted by Crippen LogP contribution is 2.29. The van der Waals surface area contributed by atoms with Gasteiger partial charge in [-0.05, 0) is 56.0 Å². The largest absolute Gasteiger partial charge is 0.384 e. The van der Waals surface area contributed by atoms with Crippen molar-refractivity contribution in [2.75, 3.05) is 31.9 Å². The van der Waals surface area contributed by atoms with Crippen molar-refractivity contribution in [3.05, 3.63) is 59.9 Å². The maximum Gasteiger partial charge on any atom is 0.152 e. The number of pyridine rings is 1. The quantitative estimate of drug-likeness (QED) is 0.237. The van der Waals surface area contributed by atoms with Crippen molar-refractivity contribution in [2.45, 2.75) is 56.9 Å². The summed E-state index contributed by atoms with van der Waals surface area (Å²) in [5, 5.41) is 4.42. The second kappa shape index (κ2) is 12.9. The number of fused-ring (bicyclic) bond motifs is 3. The summed E-state index contributed by atoms with van der Waals surface area (Å²) in [5.41, 5.74) is 10.3. The summed E-state index contributed by atoms with van der Waals surface area (Å²) in [7, 11) is 0.665. The summed E-state index contributed by atoms with van der Waals surface area (Å²) in [6, 6.07) is 16.3. The first-order valence-corrected chi connectivity index (χ1v) is 14.1. The lowest BCUT2D eigenvalue weighted by Crippen LogP contribution is -2.21. The van der Waals surface area contributed by atoms with Gasteiger partial charge in [-0.3, -0.25) is 4.21 Å². The zero-order valence-electron chi connectivity index (χ0n) is 21.3. The molecule has 3 N–H and O–H groups in total. The van der Waals surface area contributed by atoms with Crippen molar-refractivity contribution in [2.24, 2.45) is 0 Å². The molecule has 0 fully saturated rings. The summed E-state index contributed by atoms with van der Waals surface area (Å²) in [4.78, 5) is 10.3. The summed E-state index contributed by atoms with van der Waals surface area (Å²) in [6.07, 6.45) is 6.11. The number of methoxy groups -OCH3 is 1. The van der Waals surface area contributed by atoms with Gasteiger partial charge >= 0.3 is 0 Å². The van der Waals surface area contributed by atoms with Crippen LogP contribution in [0.3, 0.4) is 0 Å². The predicted molar refractivity (Wildman–Crippen MR) is 149 cm³/mol. The Balaban J connectivity index is 1.35. The SMILES string of the molecule is CCCCc1ccc(S(=O)CNCCCCn2c(CCOC)nc3c(N)nc4ccccc4c32)cc1. The minimum Gasteiger partial charge on any atom is -0.384 e. The smallest absolute Gasteiger partial charge is 0.152 e. The molecule has 0 radical (unpaired) electrons. The number of benzene rings is 2. The van der Waals surface area contributed by atoms with E-state index in [0.29, 0.717) is 24.7 Å². The Morgan fingerprint density at radius 3 is 2.61 bits per heavy atom. The second-order valence-electron chi connectivity index (χ2n) is 9.08. The van der Waals surface area contributed by atoms with Gasteiger partial charge in [0.1, 0.15) is 11.3 Å². The average molecular weight is 508 g/mol. The summed E-state index contributed by atoms with van der Waals surface area (Å²) in [6.45, 7) is 4.43. The van der Waals surface area contributed by atoms with Gasteiger partial charge in [-0.25, -0.2) is 9.97 Å². The lowest BCUT2D eigenvalue weighted by Gasteiger charge is -2.11. The first-order chi connectivity index (χ1) is 17.6. The molecule has 7 nitrogen and oxygen atoms in total. The van der Waals surface area contributed by atoms with E-state index in [2.05, 4.69) is 40.0 Å². The van der Waals surface area contributed by atoms with Gasteiger partial charge in [0.05, 0.1) is 34.3 Å². The standard InChI is InChI=1S/C28H37N5O2S/c1-3-4-9-21-12-14-22(15-13-21)36(34)20-30-17-7-8-18-33-25(16-19-35-2)32-26-27(33)23-10-5-6-11-24(23)31-28(26)29/h5-6,10-15,30H,3-4,7-9,16-20H2,1-2H3,(H2,29,31). The second-order valence-corrected chi connectivity index (χ2v) is 10.5. The van der Waals surface area contributed by atoms with Gasteiger partial charge in [0.15, 0.2) is 5.82 Å². The maximum atomic E-state index is 12.6. The van der Waals surface area contributed by atoms with Gasteiger partial charge in [-0.15, -0.1) is 0 Å². The fourth-order valence-electron chi connectivity index (χ4n) is 4.49. The van der Waals surface area contributed by atoms with Crippen molar-refractivity contribution >= 4 is 38.6 Å². The molecule has 192 valence electrons. The highest BCUT2D eigenvalue weighted by Gasteiger charge is 2.17. The molecular formula is C28H37N5O2S. The molecule has 4 aromatic rings. The average Bonchev–Trinajstić information content (AvgIpc) is 3.27. The van der Waals surface area contributed by atoms with Crippen LogP contribution in [0.2, 0.25) is 0 Å². The first kappa shape index (κ1) is 26.3. The molecule has 2 aromatic heterocycles. The lowest BCUT2D eigenvalue weighted by atomic mass is 10.1. The Hall–Kier alpha value is -2.81. The zero-order valence-corrected chi connectivity index (χ0v) is 22.2. The molecule has 36 heavy (non-hydrogen) atoms. The Morgan fingerprint density at radius 1 is 1.03 bits per heavy atom. The van der Waals surface area contributed by atoms with Crippen LogP contribution in [0.4, 0.5) is 5.82 Å². The van der Waals surface area contributed by atoms with Crippen molar-refractivity contribution in [3.8, 4) is 0 Å². The zero-order chi connectivity index (χ0) is 25.3. The predicted octanol–water partition coefficient (Wildman–Crippen LogP) is 4.83. The van der Waals surface area contributed by atoms with E-state index < -0.39 is 10.8 Å². The Bertz CT molecular complexity index is 1300. The number of nitrogens with two attached hydrogens (primary N) is 1. The van der Waals surface area contributed by atoms with Crippen molar-refractivity contribution < 1.29 is 8.95 Å². The Kier molecular flexibility index (Phi) is 9.44. The van der Waals surface area contributed by atoms with E-state index in [4.69, 9.17) is 15.5 Å². The molecule has 0 aliphatic carbocycles. The Morgan fingerprint density at radius 2 is 1.83 bits per heavy atom. The van der Waals surface area contributed by atoms with Crippen molar-refractivity contribution in [3.63, 3.8) is 0 Å². The van der Waals surface area contributed by atoms with E-state index in [-0.39, 0.29) is 0 Å². The maximum absolute atomic E-state index is 12.6. The van der Waals surface area contributed by atoms with Crippen LogP contribution in [-0.4, -0.2) is 44.9 Å². The number of unbranched alkanes of at least 4 members (excludes halogenated alkanes) is 2. The highest BCUT2D eigenvalue weighted by molar-refractivity contribution is 7.85. The molecule has 2 heterocycles. The number of nitrogens with one attached hydrogen (secondary N) is 1. The molecule has 0 spiro atoms. The van der Waals surface area contributed by atoms with Crippen LogP contribution in [0.25, 0.3) is 21.9 Å². The molecule has 1 unspecified atom stereocenters. The molecule has 0 bridgehead atoms. The van der Waals surface area contributed by atoms with Crippen LogP contribution >= 0.6 is 0 Å². The molecule has 4 rings (SSSR count). The number of nitrogen functional groups attached to an aromatic ring is 1. The van der Waals surface area contributed by atoms with Gasteiger partial charge in [-0.2, -0.15) is 0 Å². The minimum absolute atomic E-state index is 0.462. The molecule has 0 aliphatic rings. The van der Waals surface area contributed by atoms with Gasteiger partial charge in [0.2, 0.25) is 0 Å². The third kappa shape index (κ3) is 6.30. The van der Waals surface area contributed by atoms with Crippen LogP contribution in [0.15, 0.2) is 53.4 Å². The van der Waals surface area contributed by atoms with E-state index in [1.807, 2.05) is 30.3 Å². The monoisotopic (exact) mass is 507 g/mol. The fraction of sp³-hybridized carbons (Fsp3) is 0.429. The van der Waals surface area contributed by atoms with Gasteiger partial charge in [-0.1, -0.05) is 43.7 Å². The van der Waals surface area contributed by atoms with Gasteiger partial charge in [0.25, 0.3) is 0 Å². The molecule has 2 aromatic carbocycles. The number of hydrogen-bond donors (Lipinski definition) is 2. The number of imidazole rings is 1. The van der Waals surface area contributed by atoms with E-state index in [1.165, 1.54) is 18.4 Å². The fourth-order valence-corrected chi connectivity index (χ4v) is 5.42. The number of ether oxygens (including phenoxy) is 1. The van der Waals surface area contributed by atoms with Gasteiger partial charge in [0, 0.05) is 30.4 Å². The van der Waals surface area contributed by atoms with E-state index >= 15 is 0 Å². The molecule has 0 aliphatic heterocycles. The number of aromatic nitrogens is 3. The molecule has 0 amide bonds. The minimum atomic E-state index is -1.04. The molecule has 0 saturated heterocycles. The molecular weight excluding hydrogens is 470 g/mol. The number of para-hydroxylation sites is 1.